The zero-order valence-corrected chi connectivity index (χ0v) is 11.2. The first-order chi connectivity index (χ1) is 8.50. The third-order valence-corrected chi connectivity index (χ3v) is 3.47. The van der Waals surface area contributed by atoms with Crippen LogP contribution in [0.15, 0.2) is 30.5 Å². The monoisotopic (exact) mass is 283 g/mol. The van der Waals surface area contributed by atoms with Crippen molar-refractivity contribution in [1.82, 2.24) is 4.57 Å². The van der Waals surface area contributed by atoms with E-state index in [-0.39, 0.29) is 5.69 Å². The Hall–Kier alpha value is -1.45. The Morgan fingerprint density at radius 1 is 1.28 bits per heavy atom. The van der Waals surface area contributed by atoms with Crippen LogP contribution in [0.1, 0.15) is 21.6 Å². The number of carbonyl (C=O) groups is 1. The molecule has 0 aliphatic rings. The van der Waals surface area contributed by atoms with E-state index in [1.54, 1.807) is 42.0 Å². The zero-order valence-electron chi connectivity index (χ0n) is 9.65. The minimum Gasteiger partial charge on any atom is -0.477 e. The van der Waals surface area contributed by atoms with Crippen molar-refractivity contribution < 1.29 is 9.90 Å². The molecule has 0 radical (unpaired) electrons. The van der Waals surface area contributed by atoms with Gasteiger partial charge in [-0.25, -0.2) is 4.79 Å². The van der Waals surface area contributed by atoms with Gasteiger partial charge in [0.2, 0.25) is 0 Å². The standard InChI is InChI=1S/C13H11Cl2NO2/c1-8-5-6-16(12(8)13(17)18)7-9-10(14)3-2-4-11(9)15/h2-6H,7H2,1H3,(H,17,18). The fraction of sp³-hybridized carbons (Fsp3) is 0.154. The maximum Gasteiger partial charge on any atom is 0.352 e. The number of carboxylic acids is 1. The molecule has 1 aromatic heterocycles. The van der Waals surface area contributed by atoms with Crippen LogP contribution in [0.25, 0.3) is 0 Å². The highest BCUT2D eigenvalue weighted by molar-refractivity contribution is 6.35. The summed E-state index contributed by atoms with van der Waals surface area (Å²) in [5, 5.41) is 10.2. The van der Waals surface area contributed by atoms with E-state index in [4.69, 9.17) is 28.3 Å². The molecule has 2 aromatic rings. The molecule has 94 valence electrons. The fourth-order valence-electron chi connectivity index (χ4n) is 1.86. The van der Waals surface area contributed by atoms with E-state index in [1.165, 1.54) is 0 Å². The van der Waals surface area contributed by atoms with Crippen LogP contribution in [0.4, 0.5) is 0 Å². The van der Waals surface area contributed by atoms with Gasteiger partial charge in [0.1, 0.15) is 5.69 Å². The van der Waals surface area contributed by atoms with Gasteiger partial charge in [-0.3, -0.25) is 0 Å². The highest BCUT2D eigenvalue weighted by Crippen LogP contribution is 2.26. The first-order valence-corrected chi connectivity index (χ1v) is 6.08. The van der Waals surface area contributed by atoms with Gasteiger partial charge in [-0.05, 0) is 30.7 Å². The Bertz CT molecular complexity index is 585. The number of aromatic nitrogens is 1. The minimum absolute atomic E-state index is 0.256. The normalized spacial score (nSPS) is 10.6. The average Bonchev–Trinajstić information content (AvgIpc) is 2.65. The molecule has 18 heavy (non-hydrogen) atoms. The van der Waals surface area contributed by atoms with E-state index in [9.17, 15) is 4.79 Å². The van der Waals surface area contributed by atoms with Crippen molar-refractivity contribution >= 4 is 29.2 Å². The Kier molecular flexibility index (Phi) is 3.64. The summed E-state index contributed by atoms with van der Waals surface area (Å²) in [6.07, 6.45) is 1.72. The number of rotatable bonds is 3. The summed E-state index contributed by atoms with van der Waals surface area (Å²) in [5.41, 5.74) is 1.69. The highest BCUT2D eigenvalue weighted by Gasteiger charge is 2.15. The van der Waals surface area contributed by atoms with Crippen molar-refractivity contribution in [3.8, 4) is 0 Å². The number of nitrogens with zero attached hydrogens (tertiary/aromatic N) is 1. The molecule has 0 aliphatic heterocycles. The van der Waals surface area contributed by atoms with Crippen LogP contribution in [0.3, 0.4) is 0 Å². The smallest absolute Gasteiger partial charge is 0.352 e. The molecule has 1 heterocycles. The van der Waals surface area contributed by atoms with Crippen LogP contribution in [0.5, 0.6) is 0 Å². The van der Waals surface area contributed by atoms with Crippen LogP contribution in [-0.2, 0) is 6.54 Å². The van der Waals surface area contributed by atoms with Crippen LogP contribution in [0, 0.1) is 6.92 Å². The number of carboxylic acid groups (broad SMARTS) is 1. The number of hydrogen-bond acceptors (Lipinski definition) is 1. The first kappa shape index (κ1) is 13.0. The maximum atomic E-state index is 11.2. The molecule has 0 atom stereocenters. The SMILES string of the molecule is Cc1ccn(Cc2c(Cl)cccc2Cl)c1C(=O)O. The molecule has 0 bridgehead atoms. The van der Waals surface area contributed by atoms with Gasteiger partial charge in [-0.15, -0.1) is 0 Å². The Morgan fingerprint density at radius 2 is 1.89 bits per heavy atom. The van der Waals surface area contributed by atoms with E-state index >= 15 is 0 Å². The molecule has 1 aromatic carbocycles. The third-order valence-electron chi connectivity index (χ3n) is 2.76. The lowest BCUT2D eigenvalue weighted by Gasteiger charge is -2.10. The van der Waals surface area contributed by atoms with Gasteiger partial charge in [-0.1, -0.05) is 29.3 Å². The predicted molar refractivity (Wildman–Crippen MR) is 71.7 cm³/mol. The van der Waals surface area contributed by atoms with E-state index in [2.05, 4.69) is 0 Å². The molecule has 0 saturated carbocycles. The molecule has 2 rings (SSSR count). The minimum atomic E-state index is -0.958. The van der Waals surface area contributed by atoms with Crippen molar-refractivity contribution in [2.45, 2.75) is 13.5 Å². The quantitative estimate of drug-likeness (QED) is 0.930. The van der Waals surface area contributed by atoms with Gasteiger partial charge in [0, 0.05) is 21.8 Å². The van der Waals surface area contributed by atoms with Gasteiger partial charge in [-0.2, -0.15) is 0 Å². The molecule has 0 unspecified atom stereocenters. The van der Waals surface area contributed by atoms with E-state index in [1.807, 2.05) is 0 Å². The largest absolute Gasteiger partial charge is 0.477 e. The Labute approximate surface area is 115 Å². The molecule has 0 aliphatic carbocycles. The summed E-state index contributed by atoms with van der Waals surface area (Å²) in [7, 11) is 0. The molecule has 1 N–H and O–H groups in total. The maximum absolute atomic E-state index is 11.2. The number of benzene rings is 1. The van der Waals surface area contributed by atoms with Crippen LogP contribution in [0.2, 0.25) is 10.0 Å². The number of hydrogen-bond donors (Lipinski definition) is 1. The van der Waals surface area contributed by atoms with Crippen LogP contribution in [-0.4, -0.2) is 15.6 Å². The molecule has 0 spiro atoms. The van der Waals surface area contributed by atoms with E-state index in [0.29, 0.717) is 22.2 Å². The van der Waals surface area contributed by atoms with Gasteiger partial charge in [0.15, 0.2) is 0 Å². The summed E-state index contributed by atoms with van der Waals surface area (Å²) < 4.78 is 1.63. The third kappa shape index (κ3) is 2.37. The second-order valence-electron chi connectivity index (χ2n) is 3.98. The van der Waals surface area contributed by atoms with Gasteiger partial charge in [0.05, 0.1) is 6.54 Å². The second kappa shape index (κ2) is 5.04. The van der Waals surface area contributed by atoms with E-state index < -0.39 is 5.97 Å². The highest BCUT2D eigenvalue weighted by atomic mass is 35.5. The molecule has 0 amide bonds. The first-order valence-electron chi connectivity index (χ1n) is 5.32. The lowest BCUT2D eigenvalue weighted by atomic mass is 10.2. The molecular formula is C13H11Cl2NO2. The molecule has 0 saturated heterocycles. The summed E-state index contributed by atoms with van der Waals surface area (Å²) in [4.78, 5) is 11.2. The van der Waals surface area contributed by atoms with Crippen molar-refractivity contribution in [3.05, 3.63) is 57.3 Å². The van der Waals surface area contributed by atoms with Crippen LogP contribution >= 0.6 is 23.2 Å². The fourth-order valence-corrected chi connectivity index (χ4v) is 2.38. The van der Waals surface area contributed by atoms with Crippen molar-refractivity contribution in [2.75, 3.05) is 0 Å². The van der Waals surface area contributed by atoms with Crippen molar-refractivity contribution in [1.29, 1.82) is 0 Å². The van der Waals surface area contributed by atoms with Crippen LogP contribution < -0.4 is 0 Å². The molecular weight excluding hydrogens is 273 g/mol. The lowest BCUT2D eigenvalue weighted by Crippen LogP contribution is -2.10. The second-order valence-corrected chi connectivity index (χ2v) is 4.80. The van der Waals surface area contributed by atoms with Crippen molar-refractivity contribution in [2.24, 2.45) is 0 Å². The molecule has 0 fully saturated rings. The zero-order chi connectivity index (χ0) is 13.3. The van der Waals surface area contributed by atoms with E-state index in [0.717, 1.165) is 5.56 Å². The van der Waals surface area contributed by atoms with Gasteiger partial charge >= 0.3 is 5.97 Å². The number of halogens is 2. The number of aromatic carboxylic acids is 1. The summed E-state index contributed by atoms with van der Waals surface area (Å²) >= 11 is 12.1. The Balaban J connectivity index is 2.44. The summed E-state index contributed by atoms with van der Waals surface area (Å²) in [6, 6.07) is 6.99. The number of aryl methyl sites for hydroxylation is 1. The molecule has 5 heteroatoms. The molecule has 3 nitrogen and oxygen atoms in total. The summed E-state index contributed by atoms with van der Waals surface area (Å²) in [5.74, 6) is -0.958. The lowest BCUT2D eigenvalue weighted by molar-refractivity contribution is 0.0685. The predicted octanol–water partition coefficient (Wildman–Crippen LogP) is 3.85. The topological polar surface area (TPSA) is 42.2 Å². The average molecular weight is 284 g/mol. The van der Waals surface area contributed by atoms with Gasteiger partial charge in [0.25, 0.3) is 0 Å². The van der Waals surface area contributed by atoms with Crippen molar-refractivity contribution in [3.63, 3.8) is 0 Å². The Morgan fingerprint density at radius 3 is 2.44 bits per heavy atom. The summed E-state index contributed by atoms with van der Waals surface area (Å²) in [6.45, 7) is 2.10. The van der Waals surface area contributed by atoms with Gasteiger partial charge < -0.3 is 9.67 Å².